The van der Waals surface area contributed by atoms with Gasteiger partial charge in [0.2, 0.25) is 0 Å². The molecular formula is C16H20N8O. The number of hydrogen-bond donors (Lipinski definition) is 3. The van der Waals surface area contributed by atoms with Crippen molar-refractivity contribution in [3.05, 3.63) is 36.2 Å². The van der Waals surface area contributed by atoms with E-state index in [1.54, 1.807) is 18.6 Å². The van der Waals surface area contributed by atoms with Crippen molar-refractivity contribution in [2.24, 2.45) is 16.5 Å². The molecule has 0 aliphatic carbocycles. The number of piperidine rings is 1. The highest BCUT2D eigenvalue weighted by molar-refractivity contribution is 5.95. The number of carbonyl (C=O) groups excluding carboxylic acids is 1. The summed E-state index contributed by atoms with van der Waals surface area (Å²) < 4.78 is 0. The maximum Gasteiger partial charge on any atom is 0.268 e. The molecule has 3 aliphatic heterocycles. The third-order valence-electron chi connectivity index (χ3n) is 4.49. The summed E-state index contributed by atoms with van der Waals surface area (Å²) >= 11 is 0. The van der Waals surface area contributed by atoms with Crippen LogP contribution in [0, 0.1) is 0 Å². The van der Waals surface area contributed by atoms with E-state index in [0.717, 1.165) is 37.4 Å². The summed E-state index contributed by atoms with van der Waals surface area (Å²) in [5, 5.41) is 3.18. The van der Waals surface area contributed by atoms with E-state index >= 15 is 0 Å². The minimum Gasteiger partial charge on any atom is -0.365 e. The molecular weight excluding hydrogens is 320 g/mol. The molecule has 0 bridgehead atoms. The Bertz CT molecular complexity index is 786. The van der Waals surface area contributed by atoms with E-state index in [1.807, 2.05) is 17.2 Å². The lowest BCUT2D eigenvalue weighted by atomic mass is 10.1. The van der Waals surface area contributed by atoms with E-state index in [4.69, 9.17) is 16.5 Å². The van der Waals surface area contributed by atoms with Crippen LogP contribution in [0.4, 0.5) is 5.82 Å². The maximum absolute atomic E-state index is 11.4. The van der Waals surface area contributed by atoms with Gasteiger partial charge in [-0.1, -0.05) is 0 Å². The number of amides is 1. The average Bonchev–Trinajstić information content (AvgIpc) is 3.05. The number of aromatic nitrogens is 2. The maximum atomic E-state index is 11.4. The van der Waals surface area contributed by atoms with Crippen molar-refractivity contribution >= 4 is 23.6 Å². The number of primary amides is 1. The van der Waals surface area contributed by atoms with Crippen LogP contribution in [-0.4, -0.2) is 52.3 Å². The van der Waals surface area contributed by atoms with Crippen molar-refractivity contribution in [3.63, 3.8) is 0 Å². The molecule has 0 aromatic carbocycles. The summed E-state index contributed by atoms with van der Waals surface area (Å²) in [5.74, 6) is 0.856. The van der Waals surface area contributed by atoms with E-state index in [0.29, 0.717) is 5.82 Å². The average molecular weight is 340 g/mol. The lowest BCUT2D eigenvalue weighted by Gasteiger charge is -2.32. The van der Waals surface area contributed by atoms with Crippen LogP contribution >= 0.6 is 0 Å². The molecule has 1 amide bonds. The molecule has 0 spiro atoms. The number of fused-ring (bicyclic) bond motifs is 1. The van der Waals surface area contributed by atoms with Gasteiger partial charge in [0.1, 0.15) is 23.4 Å². The quantitative estimate of drug-likeness (QED) is 0.667. The summed E-state index contributed by atoms with van der Waals surface area (Å²) in [4.78, 5) is 28.6. The van der Waals surface area contributed by atoms with Crippen molar-refractivity contribution in [3.8, 4) is 0 Å². The third-order valence-corrected chi connectivity index (χ3v) is 4.49. The third kappa shape index (κ3) is 2.93. The van der Waals surface area contributed by atoms with Crippen molar-refractivity contribution in [2.45, 2.75) is 25.0 Å². The second-order valence-electron chi connectivity index (χ2n) is 6.29. The molecule has 9 nitrogen and oxygen atoms in total. The fourth-order valence-corrected chi connectivity index (χ4v) is 3.22. The molecule has 2 atom stereocenters. The van der Waals surface area contributed by atoms with Crippen LogP contribution in [0.5, 0.6) is 0 Å². The Hall–Kier alpha value is -2.94. The van der Waals surface area contributed by atoms with Crippen LogP contribution < -0.4 is 21.7 Å². The van der Waals surface area contributed by atoms with Crippen molar-refractivity contribution in [1.29, 1.82) is 0 Å². The van der Waals surface area contributed by atoms with Crippen LogP contribution in [0.1, 0.15) is 18.7 Å². The highest BCUT2D eigenvalue weighted by Crippen LogP contribution is 2.27. The van der Waals surface area contributed by atoms with Gasteiger partial charge in [0.05, 0.1) is 0 Å². The molecule has 5 N–H and O–H groups in total. The van der Waals surface area contributed by atoms with Crippen LogP contribution in [0.2, 0.25) is 0 Å². The molecule has 0 radical (unpaired) electrons. The number of carbonyl (C=O) groups is 1. The number of nitrogens with one attached hydrogen (secondary N) is 1. The van der Waals surface area contributed by atoms with E-state index in [2.05, 4.69) is 20.2 Å². The number of anilines is 1. The summed E-state index contributed by atoms with van der Waals surface area (Å²) in [6, 6.07) is 2.06. The van der Waals surface area contributed by atoms with Crippen molar-refractivity contribution in [1.82, 2.24) is 20.2 Å². The molecule has 1 aromatic rings. The zero-order valence-corrected chi connectivity index (χ0v) is 13.7. The summed E-state index contributed by atoms with van der Waals surface area (Å²) in [6.45, 7) is 1.73. The molecule has 1 aromatic heterocycles. The summed E-state index contributed by atoms with van der Waals surface area (Å²) in [5.41, 5.74) is 12.4. The Morgan fingerprint density at radius 3 is 3.08 bits per heavy atom. The van der Waals surface area contributed by atoms with Gasteiger partial charge in [-0.3, -0.25) is 4.79 Å². The molecule has 1 saturated heterocycles. The second kappa shape index (κ2) is 6.17. The second-order valence-corrected chi connectivity index (χ2v) is 6.29. The highest BCUT2D eigenvalue weighted by atomic mass is 16.1. The van der Waals surface area contributed by atoms with Crippen LogP contribution in [0.15, 0.2) is 35.4 Å². The predicted octanol–water partition coefficient (Wildman–Crippen LogP) is -0.655. The topological polar surface area (TPSA) is 126 Å². The number of nitrogens with zero attached hydrogens (tertiary/aromatic N) is 5. The van der Waals surface area contributed by atoms with E-state index < -0.39 is 5.91 Å². The van der Waals surface area contributed by atoms with Crippen molar-refractivity contribution < 1.29 is 4.79 Å². The van der Waals surface area contributed by atoms with Gasteiger partial charge in [-0.15, -0.1) is 0 Å². The predicted molar refractivity (Wildman–Crippen MR) is 94.0 cm³/mol. The van der Waals surface area contributed by atoms with Crippen LogP contribution in [0.25, 0.3) is 5.70 Å². The smallest absolute Gasteiger partial charge is 0.268 e. The largest absolute Gasteiger partial charge is 0.365 e. The van der Waals surface area contributed by atoms with E-state index in [-0.39, 0.29) is 17.9 Å². The van der Waals surface area contributed by atoms with Gasteiger partial charge in [0.25, 0.3) is 5.91 Å². The monoisotopic (exact) mass is 340 g/mol. The zero-order chi connectivity index (χ0) is 17.4. The van der Waals surface area contributed by atoms with Gasteiger partial charge in [0, 0.05) is 43.9 Å². The summed E-state index contributed by atoms with van der Waals surface area (Å²) in [6.07, 6.45) is 8.73. The number of nitrogens with two attached hydrogens (primary N) is 2. The molecule has 3 aliphatic rings. The molecule has 4 rings (SSSR count). The first-order valence-corrected chi connectivity index (χ1v) is 8.26. The van der Waals surface area contributed by atoms with Crippen molar-refractivity contribution in [2.75, 3.05) is 18.0 Å². The van der Waals surface area contributed by atoms with Gasteiger partial charge < -0.3 is 26.6 Å². The van der Waals surface area contributed by atoms with Gasteiger partial charge in [0.15, 0.2) is 5.82 Å². The number of rotatable bonds is 3. The van der Waals surface area contributed by atoms with Gasteiger partial charge in [-0.2, -0.15) is 0 Å². The summed E-state index contributed by atoms with van der Waals surface area (Å²) in [7, 11) is 0. The van der Waals surface area contributed by atoms with Gasteiger partial charge in [-0.05, 0) is 18.9 Å². The Labute approximate surface area is 145 Å². The number of aliphatic imine (C=N–C) groups is 1. The first kappa shape index (κ1) is 15.6. The van der Waals surface area contributed by atoms with E-state index in [9.17, 15) is 4.79 Å². The van der Waals surface area contributed by atoms with Crippen LogP contribution in [-0.2, 0) is 4.79 Å². The minimum atomic E-state index is -0.571. The van der Waals surface area contributed by atoms with Gasteiger partial charge >= 0.3 is 0 Å². The molecule has 130 valence electrons. The fourth-order valence-electron chi connectivity index (χ4n) is 3.22. The normalized spacial score (nSPS) is 25.2. The Morgan fingerprint density at radius 2 is 2.28 bits per heavy atom. The molecule has 1 fully saturated rings. The molecule has 9 heteroatoms. The lowest BCUT2D eigenvalue weighted by Crippen LogP contribution is -2.43. The molecule has 0 saturated carbocycles. The molecule has 25 heavy (non-hydrogen) atoms. The zero-order valence-electron chi connectivity index (χ0n) is 13.7. The van der Waals surface area contributed by atoms with E-state index in [1.165, 1.54) is 0 Å². The van der Waals surface area contributed by atoms with Crippen LogP contribution in [0.3, 0.4) is 0 Å². The molecule has 4 heterocycles. The highest BCUT2D eigenvalue weighted by Gasteiger charge is 2.30. The SMILES string of the molecule is NC(=O)C1=CN2C(c3nccc(N4CCCC(N)C4)n3)=CNC2C=N1. The molecule has 2 unspecified atom stereocenters. The number of hydrogen-bond acceptors (Lipinski definition) is 8. The Kier molecular flexibility index (Phi) is 3.85. The Balaban J connectivity index is 1.61. The first-order chi connectivity index (χ1) is 12.1. The first-order valence-electron chi connectivity index (χ1n) is 8.26. The fraction of sp³-hybridized carbons (Fsp3) is 0.375. The lowest BCUT2D eigenvalue weighted by molar-refractivity contribution is -0.114. The van der Waals surface area contributed by atoms with Gasteiger partial charge in [-0.25, -0.2) is 15.0 Å². The standard InChI is InChI=1S/C16H20N8O/c17-10-2-1-5-23(8-10)13-3-4-19-16(22-13)12-6-21-14-7-20-11(15(18)25)9-24(12)14/h3-4,6-7,9-10,14,21H,1-2,5,8,17H2,(H2,18,25). The Morgan fingerprint density at radius 1 is 1.40 bits per heavy atom. The minimum absolute atomic E-state index is 0.170.